The number of fused-ring (bicyclic) bond motifs is 2. The first-order valence-electron chi connectivity index (χ1n) is 33.0. The van der Waals surface area contributed by atoms with Crippen LogP contribution in [0.15, 0.2) is 76.5 Å². The van der Waals surface area contributed by atoms with Gasteiger partial charge in [-0.2, -0.15) is 0 Å². The van der Waals surface area contributed by atoms with Crippen molar-refractivity contribution in [2.45, 2.75) is 296 Å². The lowest BCUT2D eigenvalue weighted by atomic mass is 10.0. The van der Waals surface area contributed by atoms with E-state index in [0.717, 1.165) is 25.7 Å². The molecule has 446 valence electrons. The molecule has 0 aliphatic carbocycles. The predicted octanol–water partition coefficient (Wildman–Crippen LogP) is 21.0. The summed E-state index contributed by atoms with van der Waals surface area (Å²) < 4.78 is 34.3. The standard InChI is InChI=1S/C70H106O10/c1-3-5-7-9-11-13-15-17-19-21-23-25-27-29-31-33-35-37-39-41-43-45-55-75-57-47-51-59(52-48-57)77-65-61-63(69(73)79-67(61)71)66(64-62(65)68(72)80-70(64)74)78-60-53-49-58(50-54-60)76-56-46-44-42-40-38-36-34-32-30-28-26-24-22-20-18-16-14-12-10-8-6-4-2/h47-54H,3-46,55-56H2,1-2H3. The number of rotatable bonds is 52. The number of furan rings is 2. The van der Waals surface area contributed by atoms with Gasteiger partial charge in [0.05, 0.1) is 13.2 Å². The number of ether oxygens (including phenoxy) is 4. The van der Waals surface area contributed by atoms with Crippen molar-refractivity contribution in [1.82, 2.24) is 0 Å². The molecule has 0 radical (unpaired) electrons. The highest BCUT2D eigenvalue weighted by Crippen LogP contribution is 2.42. The third-order valence-corrected chi connectivity index (χ3v) is 16.2. The van der Waals surface area contributed by atoms with E-state index in [1.54, 1.807) is 48.5 Å². The van der Waals surface area contributed by atoms with Crippen molar-refractivity contribution in [1.29, 1.82) is 0 Å². The summed E-state index contributed by atoms with van der Waals surface area (Å²) in [6.07, 6.45) is 59.2. The van der Waals surface area contributed by atoms with Crippen LogP contribution in [0.1, 0.15) is 296 Å². The Kier molecular flexibility index (Phi) is 34.6. The van der Waals surface area contributed by atoms with E-state index in [1.165, 1.54) is 257 Å². The summed E-state index contributed by atoms with van der Waals surface area (Å²) in [6, 6.07) is 13.5. The number of unbranched alkanes of at least 4 members (excludes halogenated alkanes) is 42. The quantitative estimate of drug-likeness (QED) is 0.0347. The number of benzene rings is 3. The molecule has 10 heteroatoms. The van der Waals surface area contributed by atoms with Crippen LogP contribution in [0.4, 0.5) is 0 Å². The molecule has 80 heavy (non-hydrogen) atoms. The SMILES string of the molecule is CCCCCCCCCCCCCCCCCCCCCCCCOc1ccc(Oc2c3c(=O)oc(=O)c3c(Oc3ccc(OCCCCCCCCCCCCCCCCCCCCCCCC)cc3)c3c(=O)oc(=O)c23)cc1. The Morgan fingerprint density at radius 1 is 0.250 bits per heavy atom. The average Bonchev–Trinajstić information content (AvgIpc) is 3.94. The van der Waals surface area contributed by atoms with Crippen LogP contribution >= 0.6 is 0 Å². The molecule has 2 aromatic heterocycles. The van der Waals surface area contributed by atoms with Gasteiger partial charge in [-0.1, -0.05) is 284 Å². The predicted molar refractivity (Wildman–Crippen MR) is 332 cm³/mol. The zero-order valence-electron chi connectivity index (χ0n) is 50.2. The van der Waals surface area contributed by atoms with E-state index in [4.69, 9.17) is 27.8 Å². The van der Waals surface area contributed by atoms with Gasteiger partial charge in [0.15, 0.2) is 11.5 Å². The molecule has 0 unspecified atom stereocenters. The van der Waals surface area contributed by atoms with E-state index < -0.39 is 22.5 Å². The third kappa shape index (κ3) is 25.9. The van der Waals surface area contributed by atoms with Crippen LogP contribution in [0, 0.1) is 0 Å². The van der Waals surface area contributed by atoms with Crippen molar-refractivity contribution in [3.8, 4) is 34.5 Å². The molecule has 0 amide bonds. The van der Waals surface area contributed by atoms with E-state index >= 15 is 0 Å². The molecule has 5 rings (SSSR count). The first-order chi connectivity index (χ1) is 39.4. The van der Waals surface area contributed by atoms with Gasteiger partial charge in [0.25, 0.3) is 0 Å². The van der Waals surface area contributed by atoms with Gasteiger partial charge in [-0.25, -0.2) is 19.2 Å². The smallest absolute Gasteiger partial charge is 0.350 e. The lowest BCUT2D eigenvalue weighted by Gasteiger charge is -2.12. The fourth-order valence-corrected chi connectivity index (χ4v) is 11.3. The van der Waals surface area contributed by atoms with Gasteiger partial charge in [-0.15, -0.1) is 0 Å². The zero-order chi connectivity index (χ0) is 56.5. The molecule has 0 aliphatic rings. The summed E-state index contributed by atoms with van der Waals surface area (Å²) in [6.45, 7) is 5.74. The van der Waals surface area contributed by atoms with E-state index in [0.29, 0.717) is 24.7 Å². The molecule has 0 atom stereocenters. The number of hydrogen-bond donors (Lipinski definition) is 0. The van der Waals surface area contributed by atoms with Gasteiger partial charge >= 0.3 is 22.5 Å². The molecule has 10 nitrogen and oxygen atoms in total. The molecule has 5 aromatic rings. The highest BCUT2D eigenvalue weighted by Gasteiger charge is 2.31. The molecule has 2 heterocycles. The normalized spacial score (nSPS) is 11.6. The Morgan fingerprint density at radius 2 is 0.425 bits per heavy atom. The zero-order valence-corrected chi connectivity index (χ0v) is 50.2. The van der Waals surface area contributed by atoms with Gasteiger partial charge in [0, 0.05) is 0 Å². The van der Waals surface area contributed by atoms with Gasteiger partial charge in [-0.3, -0.25) is 0 Å². The van der Waals surface area contributed by atoms with Gasteiger partial charge in [0.1, 0.15) is 44.5 Å². The molecule has 0 saturated carbocycles. The summed E-state index contributed by atoms with van der Waals surface area (Å²) in [4.78, 5) is 52.9. The van der Waals surface area contributed by atoms with Crippen molar-refractivity contribution in [3.05, 3.63) is 90.2 Å². The molecule has 0 aliphatic heterocycles. The average molecular weight is 1110 g/mol. The molecule has 0 spiro atoms. The maximum Gasteiger partial charge on any atom is 0.350 e. The molecule has 0 N–H and O–H groups in total. The molecule has 0 fully saturated rings. The summed E-state index contributed by atoms with van der Waals surface area (Å²) >= 11 is 0. The molecule has 3 aromatic carbocycles. The van der Waals surface area contributed by atoms with Crippen molar-refractivity contribution in [2.75, 3.05) is 13.2 Å². The minimum Gasteiger partial charge on any atom is -0.494 e. The molecule has 0 saturated heterocycles. The Balaban J connectivity index is 0.923. The minimum absolute atomic E-state index is 0.246. The van der Waals surface area contributed by atoms with Crippen LogP contribution in [-0.4, -0.2) is 13.2 Å². The minimum atomic E-state index is -1.03. The lowest BCUT2D eigenvalue weighted by molar-refractivity contribution is 0.303. The maximum absolute atomic E-state index is 13.2. The van der Waals surface area contributed by atoms with Crippen LogP contribution in [0.2, 0.25) is 0 Å². The van der Waals surface area contributed by atoms with Gasteiger partial charge in [-0.05, 0) is 61.4 Å². The fourth-order valence-electron chi connectivity index (χ4n) is 11.3. The molecular formula is C70H106O10. The number of hydrogen-bond acceptors (Lipinski definition) is 10. The van der Waals surface area contributed by atoms with Crippen molar-refractivity contribution in [2.24, 2.45) is 0 Å². The van der Waals surface area contributed by atoms with Crippen molar-refractivity contribution >= 4 is 21.5 Å². The van der Waals surface area contributed by atoms with Crippen LogP contribution in [-0.2, 0) is 0 Å². The van der Waals surface area contributed by atoms with E-state index in [1.807, 2.05) is 0 Å². The fraction of sp³-hybridized carbons (Fsp3) is 0.686. The second-order valence-electron chi connectivity index (χ2n) is 23.2. The Labute approximate surface area is 481 Å². The third-order valence-electron chi connectivity index (χ3n) is 16.2. The van der Waals surface area contributed by atoms with E-state index in [2.05, 4.69) is 13.8 Å². The van der Waals surface area contributed by atoms with Crippen LogP contribution < -0.4 is 41.4 Å². The van der Waals surface area contributed by atoms with E-state index in [-0.39, 0.29) is 44.5 Å². The Bertz CT molecular complexity index is 2290. The summed E-state index contributed by atoms with van der Waals surface area (Å²) in [5.74, 6) is 1.16. The molecular weight excluding hydrogens is 1000 g/mol. The van der Waals surface area contributed by atoms with Crippen LogP contribution in [0.25, 0.3) is 21.5 Å². The largest absolute Gasteiger partial charge is 0.494 e. The van der Waals surface area contributed by atoms with Crippen molar-refractivity contribution in [3.63, 3.8) is 0 Å². The molecule has 0 bridgehead atoms. The summed E-state index contributed by atoms with van der Waals surface area (Å²) in [5, 5.41) is -1.27. The summed E-state index contributed by atoms with van der Waals surface area (Å²) in [5.41, 5.74) is -4.11. The Morgan fingerprint density at radius 3 is 0.625 bits per heavy atom. The lowest BCUT2D eigenvalue weighted by Crippen LogP contribution is -2.03. The highest BCUT2D eigenvalue weighted by atomic mass is 16.5. The Hall–Kier alpha value is -4.86. The van der Waals surface area contributed by atoms with Crippen LogP contribution in [0.5, 0.6) is 34.5 Å². The van der Waals surface area contributed by atoms with E-state index in [9.17, 15) is 19.2 Å². The summed E-state index contributed by atoms with van der Waals surface area (Å²) in [7, 11) is 0. The van der Waals surface area contributed by atoms with Gasteiger partial charge in [0.2, 0.25) is 0 Å². The first kappa shape index (κ1) is 65.9. The van der Waals surface area contributed by atoms with Gasteiger partial charge < -0.3 is 27.8 Å². The second-order valence-corrected chi connectivity index (χ2v) is 23.2. The highest BCUT2D eigenvalue weighted by molar-refractivity contribution is 6.10. The van der Waals surface area contributed by atoms with Crippen LogP contribution in [0.3, 0.4) is 0 Å². The topological polar surface area (TPSA) is 131 Å². The first-order valence-corrected chi connectivity index (χ1v) is 33.0. The maximum atomic E-state index is 13.2. The monoisotopic (exact) mass is 1110 g/mol. The second kappa shape index (κ2) is 42.0. The van der Waals surface area contributed by atoms with Crippen molar-refractivity contribution < 1.29 is 27.8 Å².